The summed E-state index contributed by atoms with van der Waals surface area (Å²) in [4.78, 5) is 14.7. The van der Waals surface area contributed by atoms with Gasteiger partial charge in [-0.05, 0) is 44.6 Å². The minimum absolute atomic E-state index is 0.0196. The molecule has 122 valence electrons. The number of aromatic amines is 1. The van der Waals surface area contributed by atoms with Crippen molar-refractivity contribution in [2.24, 2.45) is 5.92 Å². The second kappa shape index (κ2) is 5.97. The van der Waals surface area contributed by atoms with E-state index in [9.17, 15) is 13.6 Å². The summed E-state index contributed by atoms with van der Waals surface area (Å²) in [6, 6.07) is 0.0196. The molecule has 0 radical (unpaired) electrons. The Labute approximate surface area is 129 Å². The Morgan fingerprint density at radius 2 is 2.05 bits per heavy atom. The van der Waals surface area contributed by atoms with E-state index in [2.05, 4.69) is 10.2 Å². The van der Waals surface area contributed by atoms with Crippen LogP contribution in [0.5, 0.6) is 0 Å². The molecular formula is C16H23F2N3O. The Kier molecular flexibility index (Phi) is 4.19. The van der Waals surface area contributed by atoms with Gasteiger partial charge >= 0.3 is 0 Å². The van der Waals surface area contributed by atoms with E-state index in [1.165, 1.54) is 0 Å². The summed E-state index contributed by atoms with van der Waals surface area (Å²) in [6.07, 6.45) is 5.03. The second-order valence-corrected chi connectivity index (χ2v) is 6.64. The number of amides is 1. The predicted octanol–water partition coefficient (Wildman–Crippen LogP) is 3.60. The minimum Gasteiger partial charge on any atom is -0.334 e. The normalized spacial score (nSPS) is 26.1. The van der Waals surface area contributed by atoms with Crippen molar-refractivity contribution >= 4 is 5.91 Å². The highest BCUT2D eigenvalue weighted by atomic mass is 19.3. The van der Waals surface area contributed by atoms with Gasteiger partial charge < -0.3 is 4.90 Å². The quantitative estimate of drug-likeness (QED) is 0.907. The SMILES string of the molecule is Cc1cn[nH]c1[C@H]1CCCCN1C(=O)C1CCC(F)(F)CC1. The third-order valence-corrected chi connectivity index (χ3v) is 5.05. The molecule has 22 heavy (non-hydrogen) atoms. The molecule has 1 aliphatic carbocycles. The number of aryl methyl sites for hydroxylation is 1. The summed E-state index contributed by atoms with van der Waals surface area (Å²) in [5.41, 5.74) is 2.05. The van der Waals surface area contributed by atoms with Crippen LogP contribution >= 0.6 is 0 Å². The number of carbonyl (C=O) groups excluding carboxylic acids is 1. The molecule has 1 saturated heterocycles. The number of nitrogens with zero attached hydrogens (tertiary/aromatic N) is 2. The molecule has 4 nitrogen and oxygen atoms in total. The van der Waals surface area contributed by atoms with Gasteiger partial charge in [-0.15, -0.1) is 0 Å². The number of carbonyl (C=O) groups is 1. The van der Waals surface area contributed by atoms with E-state index in [0.29, 0.717) is 12.8 Å². The van der Waals surface area contributed by atoms with E-state index in [4.69, 9.17) is 0 Å². The van der Waals surface area contributed by atoms with Crippen molar-refractivity contribution in [3.05, 3.63) is 17.5 Å². The molecule has 0 unspecified atom stereocenters. The largest absolute Gasteiger partial charge is 0.334 e. The third kappa shape index (κ3) is 3.01. The molecule has 1 N–H and O–H groups in total. The third-order valence-electron chi connectivity index (χ3n) is 5.05. The smallest absolute Gasteiger partial charge is 0.248 e. The van der Waals surface area contributed by atoms with Crippen molar-refractivity contribution < 1.29 is 13.6 Å². The molecule has 0 aromatic carbocycles. The zero-order valence-corrected chi connectivity index (χ0v) is 12.9. The molecule has 2 fully saturated rings. The molecule has 2 aliphatic rings. The van der Waals surface area contributed by atoms with E-state index in [0.717, 1.165) is 37.1 Å². The van der Waals surface area contributed by atoms with E-state index >= 15 is 0 Å². The van der Waals surface area contributed by atoms with Crippen molar-refractivity contribution in [2.45, 2.75) is 63.8 Å². The van der Waals surface area contributed by atoms with Crippen LogP contribution < -0.4 is 0 Å². The van der Waals surface area contributed by atoms with E-state index in [1.807, 2.05) is 11.8 Å². The standard InChI is InChI=1S/C16H23F2N3O/c1-11-10-19-20-14(11)13-4-2-3-9-21(13)15(22)12-5-7-16(17,18)8-6-12/h10,12-13H,2-9H2,1H3,(H,19,20)/t13-/m1/s1. The van der Waals surface area contributed by atoms with Crippen LogP contribution in [-0.4, -0.2) is 33.5 Å². The van der Waals surface area contributed by atoms with E-state index in [1.54, 1.807) is 6.20 Å². The lowest BCUT2D eigenvalue weighted by molar-refractivity contribution is -0.143. The maximum atomic E-state index is 13.3. The monoisotopic (exact) mass is 311 g/mol. The molecular weight excluding hydrogens is 288 g/mol. The Bertz CT molecular complexity index is 533. The maximum absolute atomic E-state index is 13.3. The average molecular weight is 311 g/mol. The van der Waals surface area contributed by atoms with E-state index < -0.39 is 5.92 Å². The number of H-pyrrole nitrogens is 1. The number of aromatic nitrogens is 2. The molecule has 0 bridgehead atoms. The number of hydrogen-bond acceptors (Lipinski definition) is 2. The molecule has 1 atom stereocenters. The van der Waals surface area contributed by atoms with Crippen molar-refractivity contribution in [1.29, 1.82) is 0 Å². The number of alkyl halides is 2. The van der Waals surface area contributed by atoms with Gasteiger partial charge in [0.05, 0.1) is 17.9 Å². The van der Waals surface area contributed by atoms with E-state index in [-0.39, 0.29) is 30.7 Å². The lowest BCUT2D eigenvalue weighted by Crippen LogP contribution is -2.44. The molecule has 6 heteroatoms. The fourth-order valence-corrected chi connectivity index (χ4v) is 3.71. The first-order valence-electron chi connectivity index (χ1n) is 8.16. The molecule has 1 aromatic rings. The van der Waals surface area contributed by atoms with Crippen molar-refractivity contribution in [1.82, 2.24) is 15.1 Å². The minimum atomic E-state index is -2.59. The van der Waals surface area contributed by atoms with Crippen LogP contribution in [0.25, 0.3) is 0 Å². The highest BCUT2D eigenvalue weighted by Crippen LogP contribution is 2.39. The zero-order chi connectivity index (χ0) is 15.7. The van der Waals surface area contributed by atoms with Gasteiger partial charge in [0.2, 0.25) is 11.8 Å². The summed E-state index contributed by atoms with van der Waals surface area (Å²) in [5, 5.41) is 7.07. The van der Waals surface area contributed by atoms with Crippen LogP contribution in [0.3, 0.4) is 0 Å². The molecule has 3 rings (SSSR count). The molecule has 1 aromatic heterocycles. The fraction of sp³-hybridized carbons (Fsp3) is 0.750. The maximum Gasteiger partial charge on any atom is 0.248 e. The van der Waals surface area contributed by atoms with Crippen LogP contribution in [-0.2, 0) is 4.79 Å². The lowest BCUT2D eigenvalue weighted by Gasteiger charge is -2.39. The summed E-state index contributed by atoms with van der Waals surface area (Å²) in [5.74, 6) is -2.78. The molecule has 0 spiro atoms. The van der Waals surface area contributed by atoms with Crippen LogP contribution in [0.4, 0.5) is 8.78 Å². The number of halogens is 2. The fourth-order valence-electron chi connectivity index (χ4n) is 3.71. The molecule has 1 aliphatic heterocycles. The van der Waals surface area contributed by atoms with Crippen LogP contribution in [0.15, 0.2) is 6.20 Å². The summed E-state index contributed by atoms with van der Waals surface area (Å²) in [7, 11) is 0. The van der Waals surface area contributed by atoms with Gasteiger partial charge in [-0.25, -0.2) is 8.78 Å². The van der Waals surface area contributed by atoms with Gasteiger partial charge in [-0.1, -0.05) is 0 Å². The molecule has 2 heterocycles. The van der Waals surface area contributed by atoms with Crippen LogP contribution in [0.1, 0.15) is 62.2 Å². The Morgan fingerprint density at radius 3 is 2.68 bits per heavy atom. The number of rotatable bonds is 2. The van der Waals surface area contributed by atoms with Gasteiger partial charge in [0.1, 0.15) is 0 Å². The van der Waals surface area contributed by atoms with Gasteiger partial charge in [0, 0.05) is 25.3 Å². The lowest BCUT2D eigenvalue weighted by atomic mass is 9.84. The second-order valence-electron chi connectivity index (χ2n) is 6.64. The van der Waals surface area contributed by atoms with Crippen molar-refractivity contribution in [2.75, 3.05) is 6.54 Å². The molecule has 1 amide bonds. The van der Waals surface area contributed by atoms with Gasteiger partial charge in [0.15, 0.2) is 0 Å². The predicted molar refractivity (Wildman–Crippen MR) is 78.5 cm³/mol. The number of piperidine rings is 1. The van der Waals surface area contributed by atoms with Gasteiger partial charge in [-0.2, -0.15) is 5.10 Å². The highest BCUT2D eigenvalue weighted by molar-refractivity contribution is 5.79. The van der Waals surface area contributed by atoms with Crippen LogP contribution in [0, 0.1) is 12.8 Å². The first-order valence-corrected chi connectivity index (χ1v) is 8.16. The summed E-state index contributed by atoms with van der Waals surface area (Å²) >= 11 is 0. The van der Waals surface area contributed by atoms with Crippen molar-refractivity contribution in [3.63, 3.8) is 0 Å². The summed E-state index contributed by atoms with van der Waals surface area (Å²) in [6.45, 7) is 2.70. The number of hydrogen-bond donors (Lipinski definition) is 1. The number of likely N-dealkylation sites (tertiary alicyclic amines) is 1. The first kappa shape index (κ1) is 15.4. The molecule has 1 saturated carbocycles. The zero-order valence-electron chi connectivity index (χ0n) is 12.9. The van der Waals surface area contributed by atoms with Crippen LogP contribution in [0.2, 0.25) is 0 Å². The topological polar surface area (TPSA) is 49.0 Å². The van der Waals surface area contributed by atoms with Gasteiger partial charge in [0.25, 0.3) is 0 Å². The Hall–Kier alpha value is -1.46. The Morgan fingerprint density at radius 1 is 1.32 bits per heavy atom. The number of nitrogens with one attached hydrogen (secondary N) is 1. The summed E-state index contributed by atoms with van der Waals surface area (Å²) < 4.78 is 26.6. The highest BCUT2D eigenvalue weighted by Gasteiger charge is 2.40. The first-order chi connectivity index (χ1) is 10.5. The van der Waals surface area contributed by atoms with Gasteiger partial charge in [-0.3, -0.25) is 9.89 Å². The van der Waals surface area contributed by atoms with Crippen molar-refractivity contribution in [3.8, 4) is 0 Å². The Balaban J connectivity index is 1.74. The average Bonchev–Trinajstić information content (AvgIpc) is 2.92.